The van der Waals surface area contributed by atoms with Gasteiger partial charge in [0.15, 0.2) is 18.0 Å². The van der Waals surface area contributed by atoms with E-state index in [0.717, 1.165) is 31.9 Å². The second-order valence-corrected chi connectivity index (χ2v) is 11.4. The maximum Gasteiger partial charge on any atom is 0.383 e. The van der Waals surface area contributed by atoms with Crippen molar-refractivity contribution >= 4 is 34.8 Å². The van der Waals surface area contributed by atoms with Gasteiger partial charge in [-0.2, -0.15) is 0 Å². The molecule has 0 spiro atoms. The van der Waals surface area contributed by atoms with Crippen molar-refractivity contribution in [3.05, 3.63) is 100 Å². The van der Waals surface area contributed by atoms with Gasteiger partial charge in [0.1, 0.15) is 37.3 Å². The second kappa shape index (κ2) is 16.7. The molecule has 0 saturated carbocycles. The van der Waals surface area contributed by atoms with Gasteiger partial charge in [-0.1, -0.05) is 60.7 Å². The minimum atomic E-state index is -1.50. The summed E-state index contributed by atoms with van der Waals surface area (Å²) in [4.78, 5) is 61.5. The van der Waals surface area contributed by atoms with Gasteiger partial charge in [0.2, 0.25) is 18.1 Å². The summed E-state index contributed by atoms with van der Waals surface area (Å²) in [6, 6.07) is 23.1. The van der Waals surface area contributed by atoms with Crippen molar-refractivity contribution in [2.24, 2.45) is 0 Å². The number of carbonyl (C=O) groups excluding carboxylic acids is 4. The van der Waals surface area contributed by atoms with Crippen molar-refractivity contribution in [2.45, 2.75) is 71.6 Å². The van der Waals surface area contributed by atoms with Gasteiger partial charge in [-0.15, -0.1) is 0 Å². The SMILES string of the molecule is CC(=O)OC[C@H]1O[C@H](Oc2ccc3c(OCc4ccccc4)c(OCc4ccccc4)c(=O)oc3c2)[C@@H](OC(C)=O)[C@@H](OC(C)=O)[C@@H]1OC(C)=O. The Labute approximate surface area is 292 Å². The van der Waals surface area contributed by atoms with E-state index in [1.165, 1.54) is 19.1 Å². The number of hydrogen-bond donors (Lipinski definition) is 0. The molecule has 14 heteroatoms. The maximum atomic E-state index is 13.4. The summed E-state index contributed by atoms with van der Waals surface area (Å²) >= 11 is 0. The number of carbonyl (C=O) groups is 4. The van der Waals surface area contributed by atoms with Gasteiger partial charge in [-0.05, 0) is 23.3 Å². The first kappa shape index (κ1) is 36.4. The van der Waals surface area contributed by atoms with Crippen LogP contribution in [-0.2, 0) is 56.1 Å². The van der Waals surface area contributed by atoms with Crippen LogP contribution in [0.15, 0.2) is 88.1 Å². The van der Waals surface area contributed by atoms with Gasteiger partial charge in [0.05, 0.1) is 5.39 Å². The van der Waals surface area contributed by atoms with E-state index in [-0.39, 0.29) is 36.0 Å². The van der Waals surface area contributed by atoms with Crippen LogP contribution in [0.5, 0.6) is 17.2 Å². The molecule has 1 fully saturated rings. The third-order valence-electron chi connectivity index (χ3n) is 7.44. The normalized spacial score (nSPS) is 19.7. The Morgan fingerprint density at radius 3 is 1.76 bits per heavy atom. The average molecular weight is 705 g/mol. The van der Waals surface area contributed by atoms with Crippen LogP contribution in [0.1, 0.15) is 38.8 Å². The Balaban J connectivity index is 1.51. The molecule has 14 nitrogen and oxygen atoms in total. The molecule has 268 valence electrons. The fraction of sp³-hybridized carbons (Fsp3) is 0.324. The summed E-state index contributed by atoms with van der Waals surface area (Å²) in [7, 11) is 0. The van der Waals surface area contributed by atoms with Crippen LogP contribution in [0.4, 0.5) is 0 Å². The Hall–Kier alpha value is -5.89. The van der Waals surface area contributed by atoms with E-state index in [1.807, 2.05) is 60.7 Å². The molecule has 0 aliphatic carbocycles. The molecule has 1 aliphatic rings. The van der Waals surface area contributed by atoms with E-state index in [1.54, 1.807) is 6.07 Å². The number of rotatable bonds is 13. The molecule has 3 aromatic carbocycles. The summed E-state index contributed by atoms with van der Waals surface area (Å²) in [5.41, 5.74) is 0.903. The smallest absolute Gasteiger partial charge is 0.383 e. The zero-order chi connectivity index (χ0) is 36.5. The molecule has 0 amide bonds. The van der Waals surface area contributed by atoms with Crippen LogP contribution in [0.3, 0.4) is 0 Å². The molecule has 0 N–H and O–H groups in total. The number of fused-ring (bicyclic) bond motifs is 1. The van der Waals surface area contributed by atoms with Crippen molar-refractivity contribution in [3.8, 4) is 17.2 Å². The summed E-state index contributed by atoms with van der Waals surface area (Å²) in [5.74, 6) is -2.93. The topological polar surface area (TPSA) is 172 Å². The molecule has 0 unspecified atom stereocenters. The van der Waals surface area contributed by atoms with Gasteiger partial charge in [0.25, 0.3) is 0 Å². The lowest BCUT2D eigenvalue weighted by Gasteiger charge is -2.43. The lowest BCUT2D eigenvalue weighted by molar-refractivity contribution is -0.288. The molecular formula is C37H36O14. The van der Waals surface area contributed by atoms with Gasteiger partial charge in [-0.25, -0.2) is 4.79 Å². The van der Waals surface area contributed by atoms with E-state index in [2.05, 4.69) is 0 Å². The lowest BCUT2D eigenvalue weighted by Crippen LogP contribution is -2.63. The molecule has 5 atom stereocenters. The average Bonchev–Trinajstić information content (AvgIpc) is 3.08. The number of hydrogen-bond acceptors (Lipinski definition) is 14. The first-order chi connectivity index (χ1) is 24.5. The fourth-order valence-electron chi connectivity index (χ4n) is 5.35. The van der Waals surface area contributed by atoms with E-state index in [4.69, 9.17) is 42.3 Å². The van der Waals surface area contributed by atoms with Gasteiger partial charge < -0.3 is 42.3 Å². The first-order valence-electron chi connectivity index (χ1n) is 15.9. The van der Waals surface area contributed by atoms with Crippen LogP contribution in [0.25, 0.3) is 11.0 Å². The summed E-state index contributed by atoms with van der Waals surface area (Å²) in [6.07, 6.45) is -6.99. The van der Waals surface area contributed by atoms with Crippen LogP contribution in [-0.4, -0.2) is 61.2 Å². The van der Waals surface area contributed by atoms with E-state index in [0.29, 0.717) is 5.39 Å². The Morgan fingerprint density at radius 2 is 1.20 bits per heavy atom. The quantitative estimate of drug-likeness (QED) is 0.109. The molecule has 1 aromatic heterocycles. The highest BCUT2D eigenvalue weighted by Crippen LogP contribution is 2.37. The first-order valence-corrected chi connectivity index (χ1v) is 15.9. The molecule has 51 heavy (non-hydrogen) atoms. The number of esters is 4. The molecule has 1 aliphatic heterocycles. The van der Waals surface area contributed by atoms with Gasteiger partial charge in [0, 0.05) is 33.8 Å². The highest BCUT2D eigenvalue weighted by Gasteiger charge is 2.53. The molecule has 1 saturated heterocycles. The van der Waals surface area contributed by atoms with E-state index < -0.39 is 66.8 Å². The molecule has 5 rings (SSSR count). The zero-order valence-electron chi connectivity index (χ0n) is 28.2. The highest BCUT2D eigenvalue weighted by atomic mass is 16.7. The number of benzene rings is 3. The predicted octanol–water partition coefficient (Wildman–Crippen LogP) is 4.41. The van der Waals surface area contributed by atoms with Crippen molar-refractivity contribution in [1.29, 1.82) is 0 Å². The van der Waals surface area contributed by atoms with Crippen LogP contribution in [0.2, 0.25) is 0 Å². The minimum Gasteiger partial charge on any atom is -0.484 e. The van der Waals surface area contributed by atoms with Gasteiger partial charge >= 0.3 is 29.5 Å². The standard InChI is InChI=1S/C37H36O14/c1-21(38)43-20-30-32(46-22(2)39)33(47-23(3)40)35(48-24(4)41)37(51-30)49-27-15-16-28-29(17-27)50-36(42)34(45-19-26-13-9-6-10-14-26)31(28)44-18-25-11-7-5-8-12-25/h5-17,30,32-33,35,37H,18-20H2,1-4H3/t30-,32-,33+,35+,37+/m1/s1. The van der Waals surface area contributed by atoms with Gasteiger partial charge in [-0.3, -0.25) is 19.2 Å². The van der Waals surface area contributed by atoms with Crippen LogP contribution >= 0.6 is 0 Å². The monoisotopic (exact) mass is 704 g/mol. The van der Waals surface area contributed by atoms with Crippen LogP contribution < -0.4 is 19.8 Å². The molecule has 2 heterocycles. The highest BCUT2D eigenvalue weighted by molar-refractivity contribution is 5.86. The molecule has 4 aromatic rings. The summed E-state index contributed by atoms with van der Waals surface area (Å²) < 4.78 is 51.4. The zero-order valence-corrected chi connectivity index (χ0v) is 28.2. The van der Waals surface area contributed by atoms with E-state index >= 15 is 0 Å². The van der Waals surface area contributed by atoms with E-state index in [9.17, 15) is 24.0 Å². The maximum absolute atomic E-state index is 13.4. The molecular weight excluding hydrogens is 668 g/mol. The molecule has 0 radical (unpaired) electrons. The third-order valence-corrected chi connectivity index (χ3v) is 7.44. The summed E-state index contributed by atoms with van der Waals surface area (Å²) in [6.45, 7) is 4.28. The van der Waals surface area contributed by atoms with Crippen molar-refractivity contribution in [3.63, 3.8) is 0 Å². The van der Waals surface area contributed by atoms with Crippen molar-refractivity contribution in [1.82, 2.24) is 0 Å². The predicted molar refractivity (Wildman–Crippen MR) is 177 cm³/mol. The Bertz CT molecular complexity index is 1910. The number of ether oxygens (including phenoxy) is 8. The Morgan fingerprint density at radius 1 is 0.647 bits per heavy atom. The van der Waals surface area contributed by atoms with Crippen molar-refractivity contribution in [2.75, 3.05) is 6.61 Å². The lowest BCUT2D eigenvalue weighted by atomic mass is 9.98. The summed E-state index contributed by atoms with van der Waals surface area (Å²) in [5, 5.41) is 0.377. The minimum absolute atomic E-state index is 0.0539. The third kappa shape index (κ3) is 9.63. The van der Waals surface area contributed by atoms with Crippen molar-refractivity contribution < 1.29 is 61.5 Å². The molecule has 0 bridgehead atoms. The second-order valence-electron chi connectivity index (χ2n) is 11.4. The largest absolute Gasteiger partial charge is 0.484 e. The van der Waals surface area contributed by atoms with Crippen LogP contribution in [0, 0.1) is 0 Å². The Kier molecular flexibility index (Phi) is 11.9. The fourth-order valence-corrected chi connectivity index (χ4v) is 5.35.